The molecule has 2 aromatic rings. The van der Waals surface area contributed by atoms with E-state index in [1.54, 1.807) is 11.8 Å². The number of nitrogens with zero attached hydrogens (tertiary/aromatic N) is 3. The summed E-state index contributed by atoms with van der Waals surface area (Å²) < 4.78 is 7.51. The lowest BCUT2D eigenvalue weighted by Gasteiger charge is -2.38. The Morgan fingerprint density at radius 3 is 2.69 bits per heavy atom. The molecule has 2 atom stereocenters. The first-order valence-corrected chi connectivity index (χ1v) is 9.39. The standard InChI is InChI=1S/C21H29N3O2/c1-16-4-6-17(7-5-16)12-19-10-11-24(15-20(19)26-3)21(25)9-8-18-13-22-23(2)14-18/h4-7,13-14,19-20H,8-12,15H2,1-3H3/t19-,20+/m1/s1. The second-order valence-corrected chi connectivity index (χ2v) is 7.37. The fraction of sp³-hybridized carbons (Fsp3) is 0.524. The van der Waals surface area contributed by atoms with Crippen LogP contribution in [0.4, 0.5) is 0 Å². The predicted octanol–water partition coefficient (Wildman–Crippen LogP) is 2.77. The minimum absolute atomic E-state index is 0.104. The van der Waals surface area contributed by atoms with Gasteiger partial charge in [0.25, 0.3) is 0 Å². The van der Waals surface area contributed by atoms with Crippen LogP contribution in [0.5, 0.6) is 0 Å². The van der Waals surface area contributed by atoms with E-state index in [1.165, 1.54) is 11.1 Å². The van der Waals surface area contributed by atoms with Crippen molar-refractivity contribution in [2.75, 3.05) is 20.2 Å². The molecule has 0 radical (unpaired) electrons. The molecule has 3 rings (SSSR count). The second-order valence-electron chi connectivity index (χ2n) is 7.37. The molecule has 26 heavy (non-hydrogen) atoms. The number of amides is 1. The van der Waals surface area contributed by atoms with Gasteiger partial charge in [-0.25, -0.2) is 0 Å². The summed E-state index contributed by atoms with van der Waals surface area (Å²) in [6, 6.07) is 8.73. The zero-order valence-corrected chi connectivity index (χ0v) is 16.0. The van der Waals surface area contributed by atoms with Gasteiger partial charge in [0.15, 0.2) is 0 Å². The monoisotopic (exact) mass is 355 g/mol. The zero-order valence-electron chi connectivity index (χ0n) is 16.0. The van der Waals surface area contributed by atoms with Crippen molar-refractivity contribution in [3.05, 3.63) is 53.3 Å². The summed E-state index contributed by atoms with van der Waals surface area (Å²) in [7, 11) is 3.66. The van der Waals surface area contributed by atoms with Gasteiger partial charge in [-0.3, -0.25) is 9.48 Å². The molecule has 1 aliphatic rings. The van der Waals surface area contributed by atoms with Gasteiger partial charge in [-0.2, -0.15) is 5.10 Å². The molecule has 1 aromatic carbocycles. The number of hydrogen-bond donors (Lipinski definition) is 0. The van der Waals surface area contributed by atoms with Gasteiger partial charge in [-0.1, -0.05) is 29.8 Å². The van der Waals surface area contributed by atoms with Crippen molar-refractivity contribution >= 4 is 5.91 Å². The molecule has 1 saturated heterocycles. The number of piperidine rings is 1. The molecular formula is C21H29N3O2. The highest BCUT2D eigenvalue weighted by molar-refractivity contribution is 5.76. The maximum atomic E-state index is 12.6. The summed E-state index contributed by atoms with van der Waals surface area (Å²) in [6.45, 7) is 3.62. The lowest BCUT2D eigenvalue weighted by molar-refractivity contribution is -0.136. The average molecular weight is 355 g/mol. The third-order valence-electron chi connectivity index (χ3n) is 5.36. The van der Waals surface area contributed by atoms with E-state index in [0.29, 0.717) is 18.9 Å². The fourth-order valence-corrected chi connectivity index (χ4v) is 3.73. The van der Waals surface area contributed by atoms with Crippen LogP contribution in [-0.4, -0.2) is 46.9 Å². The SMILES string of the molecule is CO[C@H]1CN(C(=O)CCc2cnn(C)c2)CC[C@@H]1Cc1ccc(C)cc1. The molecule has 5 nitrogen and oxygen atoms in total. The number of methoxy groups -OCH3 is 1. The summed E-state index contributed by atoms with van der Waals surface area (Å²) in [5.74, 6) is 0.676. The van der Waals surface area contributed by atoms with E-state index in [4.69, 9.17) is 4.74 Å². The van der Waals surface area contributed by atoms with Crippen LogP contribution >= 0.6 is 0 Å². The van der Waals surface area contributed by atoms with E-state index in [9.17, 15) is 4.79 Å². The number of carbonyl (C=O) groups is 1. The van der Waals surface area contributed by atoms with Crippen LogP contribution in [0.15, 0.2) is 36.7 Å². The van der Waals surface area contributed by atoms with Crippen molar-refractivity contribution in [3.63, 3.8) is 0 Å². The number of ether oxygens (including phenoxy) is 1. The normalized spacial score (nSPS) is 20.3. The lowest BCUT2D eigenvalue weighted by Crippen LogP contribution is -2.48. The number of rotatable bonds is 6. The molecule has 2 heterocycles. The van der Waals surface area contributed by atoms with Crippen molar-refractivity contribution in [2.24, 2.45) is 13.0 Å². The number of aromatic nitrogens is 2. The van der Waals surface area contributed by atoms with Gasteiger partial charge >= 0.3 is 0 Å². The van der Waals surface area contributed by atoms with Gasteiger partial charge in [-0.05, 0) is 43.2 Å². The Morgan fingerprint density at radius 2 is 2.04 bits per heavy atom. The summed E-state index contributed by atoms with van der Waals surface area (Å²) in [5.41, 5.74) is 3.74. The third-order valence-corrected chi connectivity index (χ3v) is 5.36. The Morgan fingerprint density at radius 1 is 1.27 bits per heavy atom. The topological polar surface area (TPSA) is 47.4 Å². The van der Waals surface area contributed by atoms with Crippen LogP contribution in [0.1, 0.15) is 29.5 Å². The molecule has 0 N–H and O–H groups in total. The average Bonchev–Trinajstić information content (AvgIpc) is 3.07. The Bertz CT molecular complexity index is 723. The molecule has 1 aromatic heterocycles. The van der Waals surface area contributed by atoms with Crippen LogP contribution in [0.3, 0.4) is 0 Å². The van der Waals surface area contributed by atoms with Gasteiger partial charge in [0, 0.05) is 39.9 Å². The van der Waals surface area contributed by atoms with Gasteiger partial charge in [0.2, 0.25) is 5.91 Å². The van der Waals surface area contributed by atoms with Crippen LogP contribution in [-0.2, 0) is 29.4 Å². The summed E-state index contributed by atoms with van der Waals surface area (Å²) in [5, 5.41) is 4.16. The van der Waals surface area contributed by atoms with Crippen molar-refractivity contribution in [2.45, 2.75) is 38.7 Å². The molecule has 5 heteroatoms. The zero-order chi connectivity index (χ0) is 18.5. The summed E-state index contributed by atoms with van der Waals surface area (Å²) >= 11 is 0. The minimum atomic E-state index is 0.104. The molecule has 0 aliphatic carbocycles. The van der Waals surface area contributed by atoms with E-state index in [2.05, 4.69) is 36.3 Å². The van der Waals surface area contributed by atoms with Gasteiger partial charge < -0.3 is 9.64 Å². The van der Waals surface area contributed by atoms with E-state index >= 15 is 0 Å². The summed E-state index contributed by atoms with van der Waals surface area (Å²) in [4.78, 5) is 14.6. The first-order chi connectivity index (χ1) is 12.5. The van der Waals surface area contributed by atoms with Gasteiger partial charge in [-0.15, -0.1) is 0 Å². The van der Waals surface area contributed by atoms with Crippen molar-refractivity contribution in [3.8, 4) is 0 Å². The maximum absolute atomic E-state index is 12.6. The molecule has 1 amide bonds. The first-order valence-electron chi connectivity index (χ1n) is 9.39. The van der Waals surface area contributed by atoms with Crippen molar-refractivity contribution in [1.82, 2.24) is 14.7 Å². The highest BCUT2D eigenvalue weighted by Crippen LogP contribution is 2.25. The van der Waals surface area contributed by atoms with Gasteiger partial charge in [0.1, 0.15) is 0 Å². The van der Waals surface area contributed by atoms with Crippen molar-refractivity contribution in [1.29, 1.82) is 0 Å². The summed E-state index contributed by atoms with van der Waals surface area (Å²) in [6.07, 6.45) is 7.19. The Kier molecular flexibility index (Phi) is 6.09. The number of likely N-dealkylation sites (tertiary alicyclic amines) is 1. The largest absolute Gasteiger partial charge is 0.379 e. The number of benzene rings is 1. The van der Waals surface area contributed by atoms with E-state index in [0.717, 1.165) is 31.4 Å². The molecular weight excluding hydrogens is 326 g/mol. The highest BCUT2D eigenvalue weighted by atomic mass is 16.5. The number of hydrogen-bond acceptors (Lipinski definition) is 3. The lowest BCUT2D eigenvalue weighted by atomic mass is 9.87. The Labute approximate surface area is 156 Å². The molecule has 1 aliphatic heterocycles. The van der Waals surface area contributed by atoms with Crippen LogP contribution < -0.4 is 0 Å². The first kappa shape index (κ1) is 18.6. The maximum Gasteiger partial charge on any atom is 0.222 e. The number of carbonyl (C=O) groups excluding carboxylic acids is 1. The fourth-order valence-electron chi connectivity index (χ4n) is 3.73. The van der Waals surface area contributed by atoms with Crippen LogP contribution in [0.2, 0.25) is 0 Å². The Balaban J connectivity index is 1.53. The predicted molar refractivity (Wildman–Crippen MR) is 102 cm³/mol. The van der Waals surface area contributed by atoms with Crippen LogP contribution in [0, 0.1) is 12.8 Å². The smallest absolute Gasteiger partial charge is 0.222 e. The van der Waals surface area contributed by atoms with E-state index in [1.807, 2.05) is 24.3 Å². The molecule has 0 unspecified atom stereocenters. The molecule has 1 fully saturated rings. The molecule has 140 valence electrons. The third kappa shape index (κ3) is 4.73. The van der Waals surface area contributed by atoms with Gasteiger partial charge in [0.05, 0.1) is 12.3 Å². The molecule has 0 bridgehead atoms. The quantitative estimate of drug-likeness (QED) is 0.800. The Hall–Kier alpha value is -2.14. The van der Waals surface area contributed by atoms with E-state index in [-0.39, 0.29) is 12.0 Å². The van der Waals surface area contributed by atoms with E-state index < -0.39 is 0 Å². The molecule has 0 saturated carbocycles. The highest BCUT2D eigenvalue weighted by Gasteiger charge is 2.31. The molecule has 0 spiro atoms. The second kappa shape index (κ2) is 8.49. The number of aryl methyl sites for hydroxylation is 3. The van der Waals surface area contributed by atoms with Crippen molar-refractivity contribution < 1.29 is 9.53 Å². The van der Waals surface area contributed by atoms with Crippen LogP contribution in [0.25, 0.3) is 0 Å². The minimum Gasteiger partial charge on any atom is -0.379 e.